The molecule has 1 aliphatic carbocycles. The van der Waals surface area contributed by atoms with Crippen LogP contribution in [0.3, 0.4) is 0 Å². The molecule has 37 heavy (non-hydrogen) atoms. The fourth-order valence-electron chi connectivity index (χ4n) is 5.72. The number of para-hydroxylation sites is 2. The van der Waals surface area contributed by atoms with Gasteiger partial charge in [-0.1, -0.05) is 72.8 Å². The van der Waals surface area contributed by atoms with E-state index in [1.165, 1.54) is 44.2 Å². The molecule has 190 valence electrons. The maximum Gasteiger partial charge on any atom is 0.0492 e. The number of aryl methyl sites for hydroxylation is 1. The van der Waals surface area contributed by atoms with Crippen molar-refractivity contribution in [1.29, 1.82) is 0 Å². The van der Waals surface area contributed by atoms with Crippen molar-refractivity contribution in [3.05, 3.63) is 114 Å². The number of rotatable bonds is 6. The Morgan fingerprint density at radius 1 is 0.865 bits per heavy atom. The molecule has 3 aromatic carbocycles. The van der Waals surface area contributed by atoms with Crippen LogP contribution in [0.4, 0.5) is 0 Å². The van der Waals surface area contributed by atoms with E-state index in [1.807, 2.05) is 18.3 Å². The van der Waals surface area contributed by atoms with E-state index in [9.17, 15) is 5.11 Å². The van der Waals surface area contributed by atoms with Gasteiger partial charge in [-0.05, 0) is 86.5 Å². The first kappa shape index (κ1) is 25.1. The van der Waals surface area contributed by atoms with Crippen LogP contribution in [-0.4, -0.2) is 40.7 Å². The summed E-state index contributed by atoms with van der Waals surface area (Å²) in [7, 11) is 4.39. The summed E-state index contributed by atoms with van der Waals surface area (Å²) >= 11 is 0. The first-order valence-corrected chi connectivity index (χ1v) is 13.3. The molecule has 1 unspecified atom stereocenters. The summed E-state index contributed by atoms with van der Waals surface area (Å²) in [6, 6.07) is 29.7. The van der Waals surface area contributed by atoms with Crippen molar-refractivity contribution >= 4 is 27.4 Å². The number of aromatic amines is 2. The molecule has 0 aliphatic heterocycles. The molecule has 2 heterocycles. The molecule has 1 atom stereocenters. The van der Waals surface area contributed by atoms with Crippen LogP contribution >= 0.6 is 0 Å². The molecule has 0 bridgehead atoms. The molecule has 3 N–H and O–H groups in total. The lowest BCUT2D eigenvalue weighted by molar-refractivity contribution is 0.138. The third kappa shape index (κ3) is 5.13. The number of allylic oxidation sites excluding steroid dienone is 1. The van der Waals surface area contributed by atoms with Crippen LogP contribution in [0.15, 0.2) is 97.2 Å². The highest BCUT2D eigenvalue weighted by Gasteiger charge is 2.36. The van der Waals surface area contributed by atoms with E-state index in [0.29, 0.717) is 0 Å². The van der Waals surface area contributed by atoms with Crippen molar-refractivity contribution in [2.24, 2.45) is 0 Å². The molecule has 5 aromatic rings. The second-order valence-corrected chi connectivity index (χ2v) is 10.1. The summed E-state index contributed by atoms with van der Waals surface area (Å²) in [6.07, 6.45) is 9.25. The Morgan fingerprint density at radius 2 is 1.59 bits per heavy atom. The largest absolute Gasteiger partial charge is 0.396 e. The van der Waals surface area contributed by atoms with Crippen molar-refractivity contribution in [2.75, 3.05) is 20.7 Å². The number of aliphatic hydroxyl groups is 1. The molecule has 0 saturated carbocycles. The normalized spacial score (nSPS) is 17.6. The summed E-state index contributed by atoms with van der Waals surface area (Å²) < 4.78 is 0. The molecule has 6 rings (SSSR count). The van der Waals surface area contributed by atoms with Gasteiger partial charge in [-0.15, -0.1) is 0 Å². The maximum atomic E-state index is 9.36. The Hall–Kier alpha value is -3.60. The van der Waals surface area contributed by atoms with Gasteiger partial charge >= 0.3 is 0 Å². The zero-order valence-electron chi connectivity index (χ0n) is 21.9. The van der Waals surface area contributed by atoms with Gasteiger partial charge in [0, 0.05) is 40.5 Å². The average Bonchev–Trinajstić information content (AvgIpc) is 3.57. The van der Waals surface area contributed by atoms with Gasteiger partial charge in [-0.25, -0.2) is 0 Å². The molecule has 1 aliphatic rings. The van der Waals surface area contributed by atoms with Gasteiger partial charge in [-0.3, -0.25) is 4.90 Å². The van der Waals surface area contributed by atoms with Gasteiger partial charge in [-0.2, -0.15) is 0 Å². The van der Waals surface area contributed by atoms with E-state index in [2.05, 4.69) is 108 Å². The predicted molar refractivity (Wildman–Crippen MR) is 156 cm³/mol. The number of hydrogen-bond donors (Lipinski definition) is 3. The lowest BCUT2D eigenvalue weighted by Gasteiger charge is -2.43. The monoisotopic (exact) mass is 491 g/mol. The lowest BCUT2D eigenvalue weighted by Crippen LogP contribution is -2.42. The molecule has 0 spiro atoms. The standard InChI is InChI=1S/C25H30N2O.C8H7N/c1-27(2)25(20-9-4-3-5-10-20)16-14-19(15-17-25)24-22(12-8-18-28)21-11-6-7-13-23(21)26-24;1-2-4-8-7(3-1)5-6-9-8/h3-7,9-11,13-14,26,28H,8,12,15-18H2,1-2H3;1-6,9H. The Kier molecular flexibility index (Phi) is 7.59. The fourth-order valence-corrected chi connectivity index (χ4v) is 5.72. The van der Waals surface area contributed by atoms with Crippen molar-refractivity contribution in [3.63, 3.8) is 0 Å². The Balaban J connectivity index is 0.000000260. The third-order valence-corrected chi connectivity index (χ3v) is 7.84. The Bertz CT molecular complexity index is 1450. The van der Waals surface area contributed by atoms with Gasteiger partial charge in [0.25, 0.3) is 0 Å². The first-order chi connectivity index (χ1) is 18.1. The second kappa shape index (κ2) is 11.2. The summed E-state index contributed by atoms with van der Waals surface area (Å²) in [5.74, 6) is 0. The molecular formula is C33H37N3O. The molecule has 0 radical (unpaired) electrons. The lowest BCUT2D eigenvalue weighted by atomic mass is 9.75. The number of fused-ring (bicyclic) bond motifs is 2. The minimum Gasteiger partial charge on any atom is -0.396 e. The quantitative estimate of drug-likeness (QED) is 0.234. The topological polar surface area (TPSA) is 55.1 Å². The predicted octanol–water partition coefficient (Wildman–Crippen LogP) is 7.29. The van der Waals surface area contributed by atoms with Crippen LogP contribution < -0.4 is 0 Å². The van der Waals surface area contributed by atoms with Crippen molar-refractivity contribution < 1.29 is 5.11 Å². The van der Waals surface area contributed by atoms with Crippen LogP contribution in [0, 0.1) is 0 Å². The first-order valence-electron chi connectivity index (χ1n) is 13.3. The van der Waals surface area contributed by atoms with E-state index in [1.54, 1.807) is 0 Å². The highest BCUT2D eigenvalue weighted by molar-refractivity contribution is 5.89. The van der Waals surface area contributed by atoms with E-state index in [-0.39, 0.29) is 12.1 Å². The molecule has 2 aromatic heterocycles. The molecule has 0 amide bonds. The number of benzene rings is 3. The Morgan fingerprint density at radius 3 is 2.30 bits per heavy atom. The third-order valence-electron chi connectivity index (χ3n) is 7.84. The van der Waals surface area contributed by atoms with Crippen LogP contribution in [0.2, 0.25) is 0 Å². The van der Waals surface area contributed by atoms with Crippen molar-refractivity contribution in [1.82, 2.24) is 14.9 Å². The Labute approximate surface area is 219 Å². The summed E-state index contributed by atoms with van der Waals surface area (Å²) in [5.41, 5.74) is 7.89. The molecule has 4 nitrogen and oxygen atoms in total. The summed E-state index contributed by atoms with van der Waals surface area (Å²) in [4.78, 5) is 9.18. The van der Waals surface area contributed by atoms with Crippen molar-refractivity contribution in [3.8, 4) is 0 Å². The van der Waals surface area contributed by atoms with Gasteiger partial charge < -0.3 is 15.1 Å². The summed E-state index contributed by atoms with van der Waals surface area (Å²) in [5, 5.41) is 11.9. The second-order valence-electron chi connectivity index (χ2n) is 10.1. The molecule has 0 fully saturated rings. The minimum absolute atomic E-state index is 0.0576. The summed E-state index contributed by atoms with van der Waals surface area (Å²) in [6.45, 7) is 0.232. The molecule has 0 saturated heterocycles. The molecule has 4 heteroatoms. The van der Waals surface area contributed by atoms with Gasteiger partial charge in [0.05, 0.1) is 0 Å². The van der Waals surface area contributed by atoms with E-state index in [4.69, 9.17) is 0 Å². The zero-order valence-corrected chi connectivity index (χ0v) is 21.9. The van der Waals surface area contributed by atoms with Gasteiger partial charge in [0.2, 0.25) is 0 Å². The van der Waals surface area contributed by atoms with Crippen LogP contribution in [-0.2, 0) is 12.0 Å². The fraction of sp³-hybridized carbons (Fsp3) is 0.273. The molecular weight excluding hydrogens is 454 g/mol. The smallest absolute Gasteiger partial charge is 0.0492 e. The van der Waals surface area contributed by atoms with Gasteiger partial charge in [0.1, 0.15) is 0 Å². The number of aliphatic hydroxyl groups excluding tert-OH is 1. The van der Waals surface area contributed by atoms with Crippen LogP contribution in [0.1, 0.15) is 42.5 Å². The highest BCUT2D eigenvalue weighted by Crippen LogP contribution is 2.43. The van der Waals surface area contributed by atoms with E-state index in [0.717, 1.165) is 32.1 Å². The number of nitrogens with zero attached hydrogens (tertiary/aromatic N) is 1. The maximum absolute atomic E-state index is 9.36. The van der Waals surface area contributed by atoms with E-state index >= 15 is 0 Å². The zero-order chi connectivity index (χ0) is 25.7. The van der Waals surface area contributed by atoms with Crippen LogP contribution in [0.5, 0.6) is 0 Å². The number of hydrogen-bond acceptors (Lipinski definition) is 2. The van der Waals surface area contributed by atoms with E-state index < -0.39 is 0 Å². The van der Waals surface area contributed by atoms with Crippen LogP contribution in [0.25, 0.3) is 27.4 Å². The number of aromatic nitrogens is 2. The SMILES string of the molecule is CN(C)C1(c2ccccc2)CC=C(c2[nH]c3ccccc3c2CCCO)CC1.c1ccc2[nH]ccc2c1. The average molecular weight is 492 g/mol. The number of H-pyrrole nitrogens is 2. The highest BCUT2D eigenvalue weighted by atomic mass is 16.2. The number of nitrogens with one attached hydrogen (secondary N) is 2. The van der Waals surface area contributed by atoms with Crippen molar-refractivity contribution in [2.45, 2.75) is 37.6 Å². The minimum atomic E-state index is 0.0576. The van der Waals surface area contributed by atoms with Gasteiger partial charge in [0.15, 0.2) is 0 Å².